The fourth-order valence-corrected chi connectivity index (χ4v) is 4.37. The van der Waals surface area contributed by atoms with Crippen LogP contribution in [0.3, 0.4) is 0 Å². The molecule has 0 spiro atoms. The summed E-state index contributed by atoms with van der Waals surface area (Å²) in [5.74, 6) is -3.41. The van der Waals surface area contributed by atoms with E-state index >= 15 is 0 Å². The van der Waals surface area contributed by atoms with E-state index in [-0.39, 0.29) is 10.0 Å². The Morgan fingerprint density at radius 1 is 1.34 bits per heavy atom. The molecule has 1 aromatic carbocycles. The number of aliphatic hydroxyl groups excluding tert-OH is 1. The largest absolute Gasteiger partial charge is 0.390 e. The fourth-order valence-electron chi connectivity index (χ4n) is 3.74. The van der Waals surface area contributed by atoms with Crippen molar-refractivity contribution in [1.82, 2.24) is 14.9 Å². The maximum absolute atomic E-state index is 12.8. The summed E-state index contributed by atoms with van der Waals surface area (Å²) in [4.78, 5) is 39.2. The van der Waals surface area contributed by atoms with Gasteiger partial charge in [-0.2, -0.15) is 0 Å². The van der Waals surface area contributed by atoms with Crippen molar-refractivity contribution < 1.29 is 14.6 Å². The minimum atomic E-state index is -1.86. The average Bonchev–Trinajstić information content (AvgIpc) is 2.86. The van der Waals surface area contributed by atoms with Gasteiger partial charge in [-0.05, 0) is 25.5 Å². The van der Waals surface area contributed by atoms with Gasteiger partial charge in [0.05, 0.1) is 18.1 Å². The second kappa shape index (κ2) is 7.95. The van der Waals surface area contributed by atoms with Crippen molar-refractivity contribution in [3.8, 4) is 0 Å². The van der Waals surface area contributed by atoms with Crippen LogP contribution in [0, 0.1) is 0 Å². The lowest BCUT2D eigenvalue weighted by molar-refractivity contribution is -0.152. The molecule has 29 heavy (non-hydrogen) atoms. The number of nitrogens with zero attached hydrogens (tertiary/aromatic N) is 1. The molecule has 2 heterocycles. The second-order valence-electron chi connectivity index (χ2n) is 6.94. The molecule has 0 unspecified atom stereocenters. The zero-order chi connectivity index (χ0) is 21.5. The first-order valence-corrected chi connectivity index (χ1v) is 9.81. The van der Waals surface area contributed by atoms with Crippen LogP contribution in [-0.2, 0) is 21.8 Å². The van der Waals surface area contributed by atoms with Crippen molar-refractivity contribution >= 4 is 29.1 Å². The number of aliphatic hydroxyl groups is 1. The molecule has 1 aliphatic heterocycles. The lowest BCUT2D eigenvalue weighted by Crippen LogP contribution is -2.58. The van der Waals surface area contributed by atoms with E-state index < -0.39 is 41.1 Å². The number of hydrogen-bond acceptors (Lipinski definition) is 5. The van der Waals surface area contributed by atoms with Gasteiger partial charge in [0.1, 0.15) is 0 Å². The number of aromatic amines is 1. The number of nitrogens with one attached hydrogen (secondary N) is 2. The normalized spacial score (nSPS) is 26.5. The lowest BCUT2D eigenvalue weighted by Gasteiger charge is -2.37. The van der Waals surface area contributed by atoms with Crippen LogP contribution in [0.5, 0.6) is 0 Å². The number of rotatable bonds is 4. The molecule has 1 saturated heterocycles. The summed E-state index contributed by atoms with van der Waals surface area (Å²) in [5.41, 5.74) is -0.727. The first-order valence-electron chi connectivity index (χ1n) is 9.06. The minimum absolute atomic E-state index is 0.238. The van der Waals surface area contributed by atoms with Crippen molar-refractivity contribution in [2.45, 2.75) is 51.2 Å². The predicted octanol–water partition coefficient (Wildman–Crippen LogP) is 1.72. The summed E-state index contributed by atoms with van der Waals surface area (Å²) in [6, 6.07) is 4.81. The first kappa shape index (κ1) is 21.6. The topological polar surface area (TPSA) is 113 Å². The third-order valence-corrected chi connectivity index (χ3v) is 5.69. The Labute approximate surface area is 176 Å². The Balaban J connectivity index is 2.38. The molecule has 0 saturated carbocycles. The van der Waals surface area contributed by atoms with Gasteiger partial charge in [0.2, 0.25) is 11.8 Å². The number of benzene rings is 1. The van der Waals surface area contributed by atoms with Crippen molar-refractivity contribution in [3.05, 3.63) is 66.4 Å². The molecule has 1 aromatic heterocycles. The summed E-state index contributed by atoms with van der Waals surface area (Å²) in [6.45, 7) is 4.60. The van der Waals surface area contributed by atoms with Crippen LogP contribution >= 0.6 is 23.2 Å². The van der Waals surface area contributed by atoms with Gasteiger partial charge < -0.3 is 15.2 Å². The zero-order valence-electron chi connectivity index (χ0n) is 16.0. The maximum Gasteiger partial charge on any atom is 0.332 e. The van der Waals surface area contributed by atoms with Crippen LogP contribution < -0.4 is 16.6 Å². The SMILES string of the molecule is CCc1cn([C@]2(NC(C)=O)O[C@H](C)[C@@H](O)[C@H]2c2c(Cl)cccc2Cl)c(=O)[nH]c1=O. The van der Waals surface area contributed by atoms with Crippen molar-refractivity contribution in [2.75, 3.05) is 0 Å². The molecule has 156 valence electrons. The Morgan fingerprint density at radius 3 is 2.52 bits per heavy atom. The van der Waals surface area contributed by atoms with E-state index in [0.29, 0.717) is 17.5 Å². The number of amides is 1. The number of carbonyl (C=O) groups is 1. The van der Waals surface area contributed by atoms with Gasteiger partial charge in [0.25, 0.3) is 5.56 Å². The summed E-state index contributed by atoms with van der Waals surface area (Å²) in [7, 11) is 0. The van der Waals surface area contributed by atoms with Gasteiger partial charge in [0, 0.05) is 34.3 Å². The molecule has 10 heteroatoms. The van der Waals surface area contributed by atoms with Crippen LogP contribution in [-0.4, -0.2) is 32.8 Å². The number of carbonyl (C=O) groups excluding carboxylic acids is 1. The third kappa shape index (κ3) is 3.61. The van der Waals surface area contributed by atoms with Crippen molar-refractivity contribution in [2.24, 2.45) is 0 Å². The van der Waals surface area contributed by atoms with Crippen LogP contribution in [0.4, 0.5) is 0 Å². The molecule has 4 atom stereocenters. The van der Waals surface area contributed by atoms with Crippen molar-refractivity contribution in [1.29, 1.82) is 0 Å². The van der Waals surface area contributed by atoms with Gasteiger partial charge in [-0.15, -0.1) is 0 Å². The van der Waals surface area contributed by atoms with Gasteiger partial charge in [-0.3, -0.25) is 19.1 Å². The number of aromatic nitrogens is 2. The quantitative estimate of drug-likeness (QED) is 0.668. The predicted molar refractivity (Wildman–Crippen MR) is 108 cm³/mol. The first-order chi connectivity index (χ1) is 13.6. The zero-order valence-corrected chi connectivity index (χ0v) is 17.5. The molecular weight excluding hydrogens is 421 g/mol. The summed E-state index contributed by atoms with van der Waals surface area (Å²) < 4.78 is 7.07. The van der Waals surface area contributed by atoms with E-state index in [1.54, 1.807) is 32.0 Å². The number of halogens is 2. The monoisotopic (exact) mass is 441 g/mol. The highest BCUT2D eigenvalue weighted by Crippen LogP contribution is 2.48. The van der Waals surface area contributed by atoms with Crippen molar-refractivity contribution in [3.63, 3.8) is 0 Å². The number of aryl methyl sites for hydroxylation is 1. The molecule has 3 rings (SSSR count). The molecule has 8 nitrogen and oxygen atoms in total. The van der Waals surface area contributed by atoms with Gasteiger partial charge in [-0.25, -0.2) is 4.79 Å². The standard InChI is InChI=1S/C19H21Cl2N3O5/c1-4-11-8-24(18(28)22-17(11)27)19(23-10(3)25)15(16(26)9(2)29-19)14-12(20)6-5-7-13(14)21/h5-9,15-16,26H,4H2,1-3H3,(H,23,25)(H,22,27,28)/t9-,15-,16-,19+/m1/s1. The van der Waals surface area contributed by atoms with Gasteiger partial charge >= 0.3 is 5.69 Å². The summed E-state index contributed by atoms with van der Waals surface area (Å²) in [5, 5.41) is 14.1. The fraction of sp³-hybridized carbons (Fsp3) is 0.421. The highest BCUT2D eigenvalue weighted by atomic mass is 35.5. The molecule has 1 aliphatic rings. The van der Waals surface area contributed by atoms with Crippen LogP contribution in [0.25, 0.3) is 0 Å². The van der Waals surface area contributed by atoms with Crippen LogP contribution in [0.15, 0.2) is 34.0 Å². The van der Waals surface area contributed by atoms with E-state index in [9.17, 15) is 19.5 Å². The van der Waals surface area contributed by atoms with E-state index in [1.807, 2.05) is 0 Å². The van der Waals surface area contributed by atoms with E-state index in [0.717, 1.165) is 4.57 Å². The van der Waals surface area contributed by atoms with Gasteiger partial charge in [0.15, 0.2) is 0 Å². The average molecular weight is 442 g/mol. The highest BCUT2D eigenvalue weighted by molar-refractivity contribution is 6.36. The molecule has 0 radical (unpaired) electrons. The Morgan fingerprint density at radius 2 is 1.97 bits per heavy atom. The number of hydrogen-bond donors (Lipinski definition) is 3. The lowest BCUT2D eigenvalue weighted by atomic mass is 9.88. The second-order valence-corrected chi connectivity index (χ2v) is 7.76. The summed E-state index contributed by atoms with van der Waals surface area (Å²) in [6.07, 6.45) is -0.299. The van der Waals surface area contributed by atoms with E-state index in [2.05, 4.69) is 10.3 Å². The van der Waals surface area contributed by atoms with Gasteiger partial charge in [-0.1, -0.05) is 36.2 Å². The molecule has 3 N–H and O–H groups in total. The molecule has 1 amide bonds. The van der Waals surface area contributed by atoms with Crippen LogP contribution in [0.1, 0.15) is 37.8 Å². The molecule has 0 aliphatic carbocycles. The highest BCUT2D eigenvalue weighted by Gasteiger charge is 2.58. The minimum Gasteiger partial charge on any atom is -0.390 e. The number of ether oxygens (including phenoxy) is 1. The van der Waals surface area contributed by atoms with E-state index in [1.165, 1.54) is 13.1 Å². The van der Waals surface area contributed by atoms with Crippen LogP contribution in [0.2, 0.25) is 10.0 Å². The van der Waals surface area contributed by atoms with E-state index in [4.69, 9.17) is 27.9 Å². The maximum atomic E-state index is 12.8. The molecular formula is C19H21Cl2N3O5. The number of H-pyrrole nitrogens is 1. The molecule has 0 bridgehead atoms. The molecule has 1 fully saturated rings. The summed E-state index contributed by atoms with van der Waals surface area (Å²) >= 11 is 12.8. The smallest absolute Gasteiger partial charge is 0.332 e. The Bertz CT molecular complexity index is 1050. The third-order valence-electron chi connectivity index (χ3n) is 5.03. The Hall–Kier alpha value is -2.13. The Kier molecular flexibility index (Phi) is 5.91. The molecule has 2 aromatic rings.